The minimum absolute atomic E-state index is 0.234. The molecule has 0 saturated carbocycles. The molecular formula is C16H12ClN5O3S. The first kappa shape index (κ1) is 18.1. The zero-order valence-electron chi connectivity index (χ0n) is 13.5. The molecule has 0 radical (unpaired) electrons. The van der Waals surface area contributed by atoms with Gasteiger partial charge >= 0.3 is 5.69 Å². The van der Waals surface area contributed by atoms with Crippen LogP contribution in [0.25, 0.3) is 11.0 Å². The minimum Gasteiger partial charge on any atom is -0.383 e. The number of hydrogen-bond donors (Lipinski definition) is 0. The van der Waals surface area contributed by atoms with E-state index < -0.39 is 4.92 Å². The molecule has 8 nitrogen and oxygen atoms in total. The number of nitrogens with zero attached hydrogens (tertiary/aromatic N) is 5. The van der Waals surface area contributed by atoms with Crippen molar-refractivity contribution in [1.29, 1.82) is 5.26 Å². The average molecular weight is 390 g/mol. The lowest BCUT2D eigenvalue weighted by molar-refractivity contribution is -0.385. The van der Waals surface area contributed by atoms with Crippen molar-refractivity contribution in [1.82, 2.24) is 14.5 Å². The standard InChI is InChI=1S/C16H12ClN5O3S/c1-25-7-6-21-13-3-2-10(17)8-11(13)20-16(21)26-15-5-4-14(22(23)24)12(9-18)19-15/h2-5,8H,6-7H2,1H3. The summed E-state index contributed by atoms with van der Waals surface area (Å²) in [6.45, 7) is 1.05. The van der Waals surface area contributed by atoms with Crippen molar-refractivity contribution in [3.05, 3.63) is 51.2 Å². The third-order valence-corrected chi connectivity index (χ3v) is 4.71. The predicted octanol–water partition coefficient (Wildman–Crippen LogP) is 3.66. The zero-order valence-corrected chi connectivity index (χ0v) is 15.1. The summed E-state index contributed by atoms with van der Waals surface area (Å²) in [5.74, 6) is 0. The number of benzene rings is 1. The third-order valence-electron chi connectivity index (χ3n) is 3.54. The smallest absolute Gasteiger partial charge is 0.305 e. The van der Waals surface area contributed by atoms with Crippen LogP contribution in [0.15, 0.2) is 40.5 Å². The van der Waals surface area contributed by atoms with Crippen molar-refractivity contribution >= 4 is 40.1 Å². The van der Waals surface area contributed by atoms with E-state index in [-0.39, 0.29) is 11.4 Å². The fraction of sp³-hybridized carbons (Fsp3) is 0.188. The summed E-state index contributed by atoms with van der Waals surface area (Å²) in [6.07, 6.45) is 0. The lowest BCUT2D eigenvalue weighted by Crippen LogP contribution is -2.05. The Hall–Kier alpha value is -2.67. The first-order valence-corrected chi connectivity index (χ1v) is 8.61. The fourth-order valence-electron chi connectivity index (χ4n) is 2.37. The number of nitro groups is 1. The van der Waals surface area contributed by atoms with Gasteiger partial charge in [-0.1, -0.05) is 11.6 Å². The van der Waals surface area contributed by atoms with Gasteiger partial charge in [0, 0.05) is 24.7 Å². The molecule has 0 aliphatic heterocycles. The van der Waals surface area contributed by atoms with E-state index in [1.54, 1.807) is 25.3 Å². The molecule has 26 heavy (non-hydrogen) atoms. The number of methoxy groups -OCH3 is 1. The molecule has 0 bridgehead atoms. The summed E-state index contributed by atoms with van der Waals surface area (Å²) >= 11 is 7.25. The number of rotatable bonds is 6. The van der Waals surface area contributed by atoms with Crippen LogP contribution in [0.5, 0.6) is 0 Å². The van der Waals surface area contributed by atoms with Crippen LogP contribution in [-0.2, 0) is 11.3 Å². The van der Waals surface area contributed by atoms with E-state index in [0.717, 1.165) is 11.0 Å². The molecule has 2 aromatic heterocycles. The third kappa shape index (κ3) is 3.62. The molecule has 132 valence electrons. The summed E-state index contributed by atoms with van der Waals surface area (Å²) in [5.41, 5.74) is 1.05. The normalized spacial score (nSPS) is 10.8. The van der Waals surface area contributed by atoms with E-state index in [2.05, 4.69) is 9.97 Å². The summed E-state index contributed by atoms with van der Waals surface area (Å²) in [5, 5.41) is 21.7. The number of hydrogen-bond acceptors (Lipinski definition) is 7. The number of nitriles is 1. The number of aromatic nitrogens is 3. The SMILES string of the molecule is COCCn1c(Sc2ccc([N+](=O)[O-])c(C#N)n2)nc2cc(Cl)ccc21. The molecule has 0 saturated heterocycles. The Kier molecular flexibility index (Phi) is 5.37. The van der Waals surface area contributed by atoms with Crippen LogP contribution in [0.2, 0.25) is 5.02 Å². The van der Waals surface area contributed by atoms with Crippen molar-refractivity contribution in [3.63, 3.8) is 0 Å². The Morgan fingerprint density at radius 3 is 2.88 bits per heavy atom. The molecule has 0 atom stereocenters. The Balaban J connectivity index is 2.02. The van der Waals surface area contributed by atoms with E-state index in [4.69, 9.17) is 21.6 Å². The van der Waals surface area contributed by atoms with Crippen molar-refractivity contribution in [3.8, 4) is 6.07 Å². The van der Waals surface area contributed by atoms with E-state index in [9.17, 15) is 10.1 Å². The van der Waals surface area contributed by atoms with Gasteiger partial charge in [-0.05, 0) is 36.0 Å². The molecular weight excluding hydrogens is 378 g/mol. The molecule has 0 fully saturated rings. The lowest BCUT2D eigenvalue weighted by atomic mass is 10.3. The fourth-order valence-corrected chi connectivity index (χ4v) is 3.44. The van der Waals surface area contributed by atoms with Crippen LogP contribution in [0, 0.1) is 21.4 Å². The first-order valence-electron chi connectivity index (χ1n) is 7.41. The van der Waals surface area contributed by atoms with E-state index >= 15 is 0 Å². The molecule has 3 aromatic rings. The average Bonchev–Trinajstić information content (AvgIpc) is 2.95. The molecule has 0 aliphatic rings. The van der Waals surface area contributed by atoms with Crippen LogP contribution in [0.3, 0.4) is 0 Å². The highest BCUT2D eigenvalue weighted by Gasteiger charge is 2.18. The van der Waals surface area contributed by atoms with Gasteiger partial charge in [-0.2, -0.15) is 5.26 Å². The Labute approximate surface area is 157 Å². The second-order valence-electron chi connectivity index (χ2n) is 5.16. The molecule has 10 heteroatoms. The van der Waals surface area contributed by atoms with Crippen LogP contribution in [-0.4, -0.2) is 33.2 Å². The highest BCUT2D eigenvalue weighted by molar-refractivity contribution is 7.99. The maximum atomic E-state index is 10.9. The zero-order chi connectivity index (χ0) is 18.7. The van der Waals surface area contributed by atoms with Gasteiger partial charge in [0.25, 0.3) is 0 Å². The van der Waals surface area contributed by atoms with Crippen LogP contribution >= 0.6 is 23.4 Å². The number of fused-ring (bicyclic) bond motifs is 1. The highest BCUT2D eigenvalue weighted by Crippen LogP contribution is 2.31. The van der Waals surface area contributed by atoms with Crippen LogP contribution < -0.4 is 0 Å². The monoisotopic (exact) mass is 389 g/mol. The van der Waals surface area contributed by atoms with E-state index in [1.807, 2.05) is 10.6 Å². The maximum absolute atomic E-state index is 10.9. The van der Waals surface area contributed by atoms with Crippen LogP contribution in [0.1, 0.15) is 5.69 Å². The number of pyridine rings is 1. The van der Waals surface area contributed by atoms with Gasteiger partial charge in [-0.15, -0.1) is 0 Å². The Bertz CT molecular complexity index is 1030. The maximum Gasteiger partial charge on any atom is 0.305 e. The number of halogens is 1. The molecule has 2 heterocycles. The largest absolute Gasteiger partial charge is 0.383 e. The van der Waals surface area contributed by atoms with Gasteiger partial charge in [-0.3, -0.25) is 10.1 Å². The Morgan fingerprint density at radius 1 is 1.38 bits per heavy atom. The minimum atomic E-state index is -0.629. The Morgan fingerprint density at radius 2 is 2.19 bits per heavy atom. The van der Waals surface area contributed by atoms with Gasteiger partial charge in [-0.25, -0.2) is 9.97 Å². The molecule has 3 rings (SSSR count). The first-order chi connectivity index (χ1) is 12.5. The van der Waals surface area contributed by atoms with Crippen molar-refractivity contribution in [2.75, 3.05) is 13.7 Å². The second kappa shape index (κ2) is 7.70. The van der Waals surface area contributed by atoms with Gasteiger partial charge in [0.15, 0.2) is 5.16 Å². The van der Waals surface area contributed by atoms with Crippen molar-refractivity contribution in [2.24, 2.45) is 0 Å². The lowest BCUT2D eigenvalue weighted by Gasteiger charge is -2.08. The summed E-state index contributed by atoms with van der Waals surface area (Å²) in [4.78, 5) is 18.9. The van der Waals surface area contributed by atoms with E-state index in [0.29, 0.717) is 28.4 Å². The molecule has 0 unspecified atom stereocenters. The highest BCUT2D eigenvalue weighted by atomic mass is 35.5. The second-order valence-corrected chi connectivity index (χ2v) is 6.58. The summed E-state index contributed by atoms with van der Waals surface area (Å²) in [7, 11) is 1.61. The molecule has 0 amide bonds. The summed E-state index contributed by atoms with van der Waals surface area (Å²) in [6, 6.07) is 9.93. The van der Waals surface area contributed by atoms with E-state index in [1.165, 1.54) is 23.9 Å². The van der Waals surface area contributed by atoms with Gasteiger partial charge in [0.2, 0.25) is 5.69 Å². The van der Waals surface area contributed by atoms with Crippen molar-refractivity contribution < 1.29 is 9.66 Å². The molecule has 0 spiro atoms. The van der Waals surface area contributed by atoms with Crippen molar-refractivity contribution in [2.45, 2.75) is 16.7 Å². The topological polar surface area (TPSA) is 107 Å². The predicted molar refractivity (Wildman–Crippen MR) is 96.3 cm³/mol. The quantitative estimate of drug-likeness (QED) is 0.467. The van der Waals surface area contributed by atoms with Gasteiger partial charge < -0.3 is 9.30 Å². The summed E-state index contributed by atoms with van der Waals surface area (Å²) < 4.78 is 7.11. The number of ether oxygens (including phenoxy) is 1. The van der Waals surface area contributed by atoms with Crippen LogP contribution in [0.4, 0.5) is 5.69 Å². The van der Waals surface area contributed by atoms with Gasteiger partial charge in [0.05, 0.1) is 22.6 Å². The van der Waals surface area contributed by atoms with Gasteiger partial charge in [0.1, 0.15) is 11.1 Å². The molecule has 1 aromatic carbocycles. The molecule has 0 aliphatic carbocycles. The number of imidazole rings is 1. The molecule has 0 N–H and O–H groups in total.